The van der Waals surface area contributed by atoms with Gasteiger partial charge in [0.1, 0.15) is 11.6 Å². The normalized spacial score (nSPS) is 10.7. The summed E-state index contributed by atoms with van der Waals surface area (Å²) < 4.78 is 18.9. The first-order valence-corrected chi connectivity index (χ1v) is 7.77. The molecular formula is C16H17FN2OS. The molecule has 21 heavy (non-hydrogen) atoms. The second kappa shape index (κ2) is 8.50. The summed E-state index contributed by atoms with van der Waals surface area (Å²) in [6.07, 6.45) is 2.12. The molecule has 3 nitrogen and oxygen atoms in total. The van der Waals surface area contributed by atoms with E-state index >= 15 is 0 Å². The molecule has 0 saturated heterocycles. The zero-order valence-electron chi connectivity index (χ0n) is 11.7. The Morgan fingerprint density at radius 3 is 2.76 bits per heavy atom. The zero-order valence-corrected chi connectivity index (χ0v) is 12.5. The molecule has 0 spiro atoms. The highest BCUT2D eigenvalue weighted by molar-refractivity contribution is 7.99. The predicted octanol–water partition coefficient (Wildman–Crippen LogP) is 3.93. The van der Waals surface area contributed by atoms with E-state index < -0.39 is 0 Å². The Hall–Kier alpha value is -1.77. The lowest BCUT2D eigenvalue weighted by molar-refractivity contribution is 0.263. The molecule has 0 atom stereocenters. The van der Waals surface area contributed by atoms with Crippen molar-refractivity contribution in [1.82, 2.24) is 4.90 Å². The van der Waals surface area contributed by atoms with Crippen molar-refractivity contribution in [2.24, 2.45) is 0 Å². The molecule has 1 heterocycles. The summed E-state index contributed by atoms with van der Waals surface area (Å²) in [7, 11) is 0. The van der Waals surface area contributed by atoms with Crippen molar-refractivity contribution in [3.05, 3.63) is 54.2 Å². The van der Waals surface area contributed by atoms with E-state index in [2.05, 4.69) is 11.0 Å². The fourth-order valence-electron chi connectivity index (χ4n) is 1.95. The Bertz CT molecular complexity index is 580. The summed E-state index contributed by atoms with van der Waals surface area (Å²) in [5.74, 6) is 1.47. The Kier molecular flexibility index (Phi) is 6.32. The summed E-state index contributed by atoms with van der Waals surface area (Å²) in [4.78, 5) is 2.81. The fraction of sp³-hybridized carbons (Fsp3) is 0.312. The van der Waals surface area contributed by atoms with Crippen molar-refractivity contribution >= 4 is 11.8 Å². The minimum atomic E-state index is -0.183. The van der Waals surface area contributed by atoms with Gasteiger partial charge in [0.25, 0.3) is 0 Å². The zero-order chi connectivity index (χ0) is 14.9. The second-order valence-corrected chi connectivity index (χ2v) is 5.68. The van der Waals surface area contributed by atoms with Crippen LogP contribution in [0.25, 0.3) is 0 Å². The highest BCUT2D eigenvalue weighted by Gasteiger charge is 2.09. The molecule has 0 bridgehead atoms. The number of benzene rings is 1. The van der Waals surface area contributed by atoms with E-state index in [1.807, 2.05) is 18.2 Å². The largest absolute Gasteiger partial charge is 0.468 e. The number of hydrogen-bond donors (Lipinski definition) is 0. The highest BCUT2D eigenvalue weighted by atomic mass is 32.2. The Labute approximate surface area is 128 Å². The van der Waals surface area contributed by atoms with Crippen LogP contribution in [0.2, 0.25) is 0 Å². The standard InChI is InChI=1S/C16H17FN2OS/c17-15-6-1-2-7-16(15)21-12-10-19(9-4-8-18)13-14-5-3-11-20-14/h1-3,5-7,11H,4,9-10,12-13H2. The van der Waals surface area contributed by atoms with Gasteiger partial charge in [0, 0.05) is 30.2 Å². The first-order chi connectivity index (χ1) is 10.3. The lowest BCUT2D eigenvalue weighted by Gasteiger charge is -2.19. The van der Waals surface area contributed by atoms with Crippen LogP contribution in [0.3, 0.4) is 0 Å². The maximum absolute atomic E-state index is 13.5. The first kappa shape index (κ1) is 15.6. The van der Waals surface area contributed by atoms with E-state index in [-0.39, 0.29) is 5.82 Å². The average molecular weight is 304 g/mol. The van der Waals surface area contributed by atoms with Crippen molar-refractivity contribution in [3.63, 3.8) is 0 Å². The third kappa shape index (κ3) is 5.25. The summed E-state index contributed by atoms with van der Waals surface area (Å²) in [5, 5.41) is 8.73. The molecule has 0 aliphatic carbocycles. The van der Waals surface area contributed by atoms with Gasteiger partial charge in [-0.2, -0.15) is 5.26 Å². The maximum Gasteiger partial charge on any atom is 0.136 e. The van der Waals surface area contributed by atoms with Crippen molar-refractivity contribution in [2.75, 3.05) is 18.8 Å². The molecule has 5 heteroatoms. The SMILES string of the molecule is N#CCCN(CCSc1ccccc1F)Cc1ccco1. The van der Waals surface area contributed by atoms with E-state index in [1.165, 1.54) is 17.8 Å². The van der Waals surface area contributed by atoms with Gasteiger partial charge in [0.15, 0.2) is 0 Å². The topological polar surface area (TPSA) is 40.2 Å². The molecule has 0 radical (unpaired) electrons. The van der Waals surface area contributed by atoms with Crippen LogP contribution in [0, 0.1) is 17.1 Å². The summed E-state index contributed by atoms with van der Waals surface area (Å²) in [5.41, 5.74) is 0. The number of halogens is 1. The molecule has 2 rings (SSSR count). The van der Waals surface area contributed by atoms with Crippen LogP contribution in [0.15, 0.2) is 52.0 Å². The molecule has 1 aromatic carbocycles. The molecule has 1 aromatic heterocycles. The first-order valence-electron chi connectivity index (χ1n) is 6.78. The highest BCUT2D eigenvalue weighted by Crippen LogP contribution is 2.21. The van der Waals surface area contributed by atoms with Crippen LogP contribution in [0.1, 0.15) is 12.2 Å². The third-order valence-corrected chi connectivity index (χ3v) is 4.03. The van der Waals surface area contributed by atoms with E-state index in [1.54, 1.807) is 18.4 Å². The number of hydrogen-bond acceptors (Lipinski definition) is 4. The summed E-state index contributed by atoms with van der Waals surface area (Å²) in [6.45, 7) is 2.14. The molecule has 0 fully saturated rings. The quantitative estimate of drug-likeness (QED) is 0.693. The van der Waals surface area contributed by atoms with Crippen LogP contribution >= 0.6 is 11.8 Å². The minimum Gasteiger partial charge on any atom is -0.468 e. The molecular weight excluding hydrogens is 287 g/mol. The van der Waals surface area contributed by atoms with E-state index in [9.17, 15) is 4.39 Å². The maximum atomic E-state index is 13.5. The average Bonchev–Trinajstić information content (AvgIpc) is 2.99. The lowest BCUT2D eigenvalue weighted by atomic mass is 10.3. The van der Waals surface area contributed by atoms with Crippen molar-refractivity contribution < 1.29 is 8.81 Å². The van der Waals surface area contributed by atoms with Crippen LogP contribution in [-0.4, -0.2) is 23.7 Å². The number of rotatable bonds is 8. The van der Waals surface area contributed by atoms with Gasteiger partial charge in [-0.1, -0.05) is 12.1 Å². The molecule has 2 aromatic rings. The molecule has 0 saturated carbocycles. The van der Waals surface area contributed by atoms with Crippen LogP contribution < -0.4 is 0 Å². The van der Waals surface area contributed by atoms with Gasteiger partial charge in [-0.15, -0.1) is 11.8 Å². The van der Waals surface area contributed by atoms with Crippen molar-refractivity contribution in [1.29, 1.82) is 5.26 Å². The predicted molar refractivity (Wildman–Crippen MR) is 81.3 cm³/mol. The molecule has 0 N–H and O–H groups in total. The van der Waals surface area contributed by atoms with E-state index in [0.29, 0.717) is 24.4 Å². The fourth-order valence-corrected chi connectivity index (χ4v) is 2.90. The van der Waals surface area contributed by atoms with Gasteiger partial charge >= 0.3 is 0 Å². The van der Waals surface area contributed by atoms with Crippen LogP contribution in [0.4, 0.5) is 4.39 Å². The Morgan fingerprint density at radius 1 is 1.19 bits per heavy atom. The Morgan fingerprint density at radius 2 is 2.05 bits per heavy atom. The van der Waals surface area contributed by atoms with Crippen LogP contribution in [-0.2, 0) is 6.54 Å². The second-order valence-electron chi connectivity index (χ2n) is 4.54. The molecule has 0 aliphatic heterocycles. The van der Waals surface area contributed by atoms with Gasteiger partial charge < -0.3 is 4.42 Å². The third-order valence-electron chi connectivity index (χ3n) is 3.00. The van der Waals surface area contributed by atoms with E-state index in [0.717, 1.165) is 18.1 Å². The van der Waals surface area contributed by atoms with Gasteiger partial charge in [-0.25, -0.2) is 4.39 Å². The van der Waals surface area contributed by atoms with Crippen molar-refractivity contribution in [2.45, 2.75) is 17.9 Å². The number of nitrogens with zero attached hydrogens (tertiary/aromatic N) is 2. The number of thioether (sulfide) groups is 1. The Balaban J connectivity index is 1.84. The number of furan rings is 1. The van der Waals surface area contributed by atoms with Crippen LogP contribution in [0.5, 0.6) is 0 Å². The van der Waals surface area contributed by atoms with Crippen molar-refractivity contribution in [3.8, 4) is 6.07 Å². The monoisotopic (exact) mass is 304 g/mol. The van der Waals surface area contributed by atoms with Gasteiger partial charge in [0.05, 0.1) is 18.9 Å². The molecule has 0 amide bonds. The van der Waals surface area contributed by atoms with Gasteiger partial charge in [0.2, 0.25) is 0 Å². The number of nitriles is 1. The molecule has 110 valence electrons. The summed E-state index contributed by atoms with van der Waals surface area (Å²) in [6, 6.07) is 12.7. The minimum absolute atomic E-state index is 0.183. The van der Waals surface area contributed by atoms with Gasteiger partial charge in [-0.05, 0) is 24.3 Å². The van der Waals surface area contributed by atoms with E-state index in [4.69, 9.17) is 9.68 Å². The summed E-state index contributed by atoms with van der Waals surface area (Å²) >= 11 is 1.49. The lowest BCUT2D eigenvalue weighted by Crippen LogP contribution is -2.26. The molecule has 0 unspecified atom stereocenters. The van der Waals surface area contributed by atoms with Gasteiger partial charge in [-0.3, -0.25) is 4.90 Å². The smallest absolute Gasteiger partial charge is 0.136 e. The molecule has 0 aliphatic rings.